The minimum atomic E-state index is -1.57. The summed E-state index contributed by atoms with van der Waals surface area (Å²) in [6, 6.07) is 18.3. The molecule has 2 saturated heterocycles. The van der Waals surface area contributed by atoms with Gasteiger partial charge in [-0.15, -0.1) is 0 Å². The zero-order valence-corrected chi connectivity index (χ0v) is 17.3. The Bertz CT molecular complexity index is 878. The number of hydrogen-bond donors (Lipinski definition) is 2. The Labute approximate surface area is 180 Å². The van der Waals surface area contributed by atoms with Crippen molar-refractivity contribution in [3.63, 3.8) is 0 Å². The second-order valence-corrected chi connectivity index (χ2v) is 8.73. The summed E-state index contributed by atoms with van der Waals surface area (Å²) in [4.78, 5) is 24.2. The number of rotatable bonds is 6. The van der Waals surface area contributed by atoms with Crippen LogP contribution in [0.25, 0.3) is 0 Å². The number of ether oxygens (including phenoxy) is 2. The van der Waals surface area contributed by atoms with Crippen LogP contribution < -0.4 is 5.32 Å². The molecule has 0 aliphatic carbocycles. The van der Waals surface area contributed by atoms with Crippen molar-refractivity contribution in [2.24, 2.45) is 0 Å². The van der Waals surface area contributed by atoms with Crippen molar-refractivity contribution in [3.05, 3.63) is 71.8 Å². The minimum Gasteiger partial charge on any atom is -0.458 e. The summed E-state index contributed by atoms with van der Waals surface area (Å²) in [6.07, 6.45) is 1.30. The van der Waals surface area contributed by atoms with Crippen LogP contribution in [0, 0.1) is 0 Å². The average Bonchev–Trinajstić information content (AvgIpc) is 3.21. The largest absolute Gasteiger partial charge is 0.458 e. The van der Waals surface area contributed by atoms with Gasteiger partial charge >= 0.3 is 5.97 Å². The van der Waals surface area contributed by atoms with Crippen molar-refractivity contribution < 1.29 is 24.2 Å². The number of amides is 1. The van der Waals surface area contributed by atoms with E-state index in [1.165, 1.54) is 5.56 Å². The third kappa shape index (κ3) is 5.03. The van der Waals surface area contributed by atoms with Crippen LogP contribution in [-0.4, -0.2) is 46.1 Å². The molecule has 3 unspecified atom stereocenters. The fourth-order valence-corrected chi connectivity index (χ4v) is 4.86. The lowest BCUT2D eigenvalue weighted by Crippen LogP contribution is -2.58. The molecule has 0 aromatic heterocycles. The van der Waals surface area contributed by atoms with E-state index < -0.39 is 23.9 Å². The van der Waals surface area contributed by atoms with Gasteiger partial charge < -0.3 is 19.9 Å². The predicted molar refractivity (Wildman–Crippen MR) is 114 cm³/mol. The van der Waals surface area contributed by atoms with Crippen molar-refractivity contribution in [3.8, 4) is 0 Å². The van der Waals surface area contributed by atoms with Crippen LogP contribution in [0.3, 0.4) is 0 Å². The summed E-state index contributed by atoms with van der Waals surface area (Å²) >= 11 is 1.12. The minimum absolute atomic E-state index is 0.124. The Hall–Kier alpha value is -2.35. The summed E-state index contributed by atoms with van der Waals surface area (Å²) in [6.45, 7) is 0. The molecular formula is C23H25NO5S. The van der Waals surface area contributed by atoms with Gasteiger partial charge in [-0.1, -0.05) is 60.3 Å². The number of aliphatic hydroxyl groups is 1. The van der Waals surface area contributed by atoms with E-state index in [1.54, 1.807) is 24.3 Å². The Morgan fingerprint density at radius 3 is 2.53 bits per heavy atom. The second-order valence-electron chi connectivity index (χ2n) is 7.74. The number of aryl methyl sites for hydroxylation is 1. The Kier molecular flexibility index (Phi) is 6.41. The third-order valence-corrected chi connectivity index (χ3v) is 6.40. The van der Waals surface area contributed by atoms with Crippen LogP contribution in [0.1, 0.15) is 35.2 Å². The molecule has 7 heteroatoms. The molecule has 4 rings (SSSR count). The molecule has 1 amide bonds. The summed E-state index contributed by atoms with van der Waals surface area (Å²) < 4.78 is 11.8. The van der Waals surface area contributed by atoms with Crippen LogP contribution in [0.2, 0.25) is 0 Å². The van der Waals surface area contributed by atoms with E-state index in [0.717, 1.165) is 18.2 Å². The zero-order valence-electron chi connectivity index (χ0n) is 16.5. The highest BCUT2D eigenvalue weighted by atomic mass is 32.2. The molecule has 2 N–H and O–H groups in total. The van der Waals surface area contributed by atoms with Gasteiger partial charge in [-0.2, -0.15) is 0 Å². The van der Waals surface area contributed by atoms with E-state index in [0.29, 0.717) is 24.2 Å². The van der Waals surface area contributed by atoms with E-state index in [-0.39, 0.29) is 17.8 Å². The van der Waals surface area contributed by atoms with Gasteiger partial charge in [0.25, 0.3) is 5.24 Å². The first-order valence-electron chi connectivity index (χ1n) is 10.2. The summed E-state index contributed by atoms with van der Waals surface area (Å²) in [5, 5.41) is 13.9. The predicted octanol–water partition coefficient (Wildman–Crippen LogP) is 3.54. The summed E-state index contributed by atoms with van der Waals surface area (Å²) in [5.41, 5.74) is 1.65. The number of carbonyl (C=O) groups is 2. The van der Waals surface area contributed by atoms with Crippen molar-refractivity contribution in [2.75, 3.05) is 5.75 Å². The van der Waals surface area contributed by atoms with Crippen molar-refractivity contribution in [2.45, 2.75) is 49.7 Å². The quantitative estimate of drug-likeness (QED) is 0.686. The molecule has 2 aromatic rings. The molecule has 158 valence electrons. The van der Waals surface area contributed by atoms with Gasteiger partial charge in [-0.25, -0.2) is 4.79 Å². The lowest BCUT2D eigenvalue weighted by Gasteiger charge is -2.43. The van der Waals surface area contributed by atoms with Crippen LogP contribution in [0.15, 0.2) is 60.7 Å². The Balaban J connectivity index is 1.47. The molecule has 30 heavy (non-hydrogen) atoms. The van der Waals surface area contributed by atoms with Crippen molar-refractivity contribution in [1.29, 1.82) is 0 Å². The first-order valence-corrected chi connectivity index (χ1v) is 11.1. The van der Waals surface area contributed by atoms with Crippen LogP contribution in [0.5, 0.6) is 0 Å². The summed E-state index contributed by atoms with van der Waals surface area (Å²) in [7, 11) is 0. The maximum Gasteiger partial charge on any atom is 0.338 e. The maximum atomic E-state index is 12.6. The first-order chi connectivity index (χ1) is 14.5. The highest BCUT2D eigenvalue weighted by Gasteiger charge is 2.49. The molecular weight excluding hydrogens is 402 g/mol. The molecule has 2 heterocycles. The second kappa shape index (κ2) is 9.20. The molecule has 0 radical (unpaired) electrons. The van der Waals surface area contributed by atoms with Crippen molar-refractivity contribution >= 4 is 23.0 Å². The molecule has 0 spiro atoms. The molecule has 2 fully saturated rings. The monoisotopic (exact) mass is 427 g/mol. The van der Waals surface area contributed by atoms with E-state index >= 15 is 0 Å². The molecule has 2 aliphatic rings. The van der Waals surface area contributed by atoms with E-state index in [1.807, 2.05) is 24.3 Å². The van der Waals surface area contributed by atoms with Crippen LogP contribution >= 0.6 is 11.8 Å². The zero-order chi connectivity index (χ0) is 21.0. The normalized spacial score (nSPS) is 28.7. The fraction of sp³-hybridized carbons (Fsp3) is 0.391. The number of carbonyl (C=O) groups excluding carboxylic acids is 2. The highest BCUT2D eigenvalue weighted by Crippen LogP contribution is 2.36. The van der Waals surface area contributed by atoms with Gasteiger partial charge in [0.05, 0.1) is 17.7 Å². The number of benzene rings is 2. The van der Waals surface area contributed by atoms with Crippen molar-refractivity contribution in [1.82, 2.24) is 5.32 Å². The fourth-order valence-electron chi connectivity index (χ4n) is 3.97. The van der Waals surface area contributed by atoms with E-state index in [2.05, 4.69) is 17.4 Å². The Morgan fingerprint density at radius 1 is 1.17 bits per heavy atom. The first kappa shape index (κ1) is 20.9. The number of thioether (sulfide) groups is 1. The number of nitrogens with one attached hydrogen (secondary N) is 1. The molecule has 4 atom stereocenters. The van der Waals surface area contributed by atoms with Gasteiger partial charge in [0, 0.05) is 18.6 Å². The van der Waals surface area contributed by atoms with Crippen LogP contribution in [-0.2, 0) is 15.9 Å². The molecule has 6 nitrogen and oxygen atoms in total. The smallest absolute Gasteiger partial charge is 0.338 e. The third-order valence-electron chi connectivity index (χ3n) is 5.52. The maximum absolute atomic E-state index is 12.6. The van der Waals surface area contributed by atoms with Crippen LogP contribution in [0.4, 0.5) is 4.79 Å². The summed E-state index contributed by atoms with van der Waals surface area (Å²) in [5.74, 6) is -1.57. The van der Waals surface area contributed by atoms with Gasteiger partial charge in [0.1, 0.15) is 6.10 Å². The SMILES string of the molecule is O=C1NC(C2(O)CC(OC(=O)c3ccccc3)C[C@@H](CCc3ccccc3)O2)CS1. The number of hydrogen-bond acceptors (Lipinski definition) is 6. The molecule has 0 bridgehead atoms. The highest BCUT2D eigenvalue weighted by molar-refractivity contribution is 8.14. The lowest BCUT2D eigenvalue weighted by atomic mass is 9.91. The molecule has 2 aliphatic heterocycles. The number of esters is 1. The van der Waals surface area contributed by atoms with Gasteiger partial charge in [-0.05, 0) is 30.5 Å². The van der Waals surface area contributed by atoms with E-state index in [9.17, 15) is 14.7 Å². The molecule has 0 saturated carbocycles. The molecule has 2 aromatic carbocycles. The van der Waals surface area contributed by atoms with Gasteiger partial charge in [0.15, 0.2) is 5.79 Å². The van der Waals surface area contributed by atoms with Gasteiger partial charge in [-0.3, -0.25) is 4.79 Å². The Morgan fingerprint density at radius 2 is 1.87 bits per heavy atom. The average molecular weight is 428 g/mol. The topological polar surface area (TPSA) is 84.9 Å². The standard InChI is InChI=1S/C23H25NO5S/c25-21(17-9-5-2-6-10-17)28-19-13-18(12-11-16-7-3-1-4-8-16)29-23(27,14-19)20-15-30-22(26)24-20/h1-10,18-20,27H,11-15H2,(H,24,26)/t18-,19?,20?,23?/m1/s1. The van der Waals surface area contributed by atoms with E-state index in [4.69, 9.17) is 9.47 Å². The van der Waals surface area contributed by atoms with Gasteiger partial charge in [0.2, 0.25) is 0 Å². The lowest BCUT2D eigenvalue weighted by molar-refractivity contribution is -0.281.